The van der Waals surface area contributed by atoms with Crippen LogP contribution in [-0.4, -0.2) is 29.4 Å². The second-order valence-electron chi connectivity index (χ2n) is 4.98. The third-order valence-electron chi connectivity index (χ3n) is 2.20. The van der Waals surface area contributed by atoms with Crippen molar-refractivity contribution in [1.29, 1.82) is 0 Å². The summed E-state index contributed by atoms with van der Waals surface area (Å²) in [6.07, 6.45) is 6.99. The lowest BCUT2D eigenvalue weighted by Crippen LogP contribution is -2.36. The topological polar surface area (TPSA) is 60.4 Å². The minimum Gasteiger partial charge on any atom is -0.462 e. The van der Waals surface area contributed by atoms with Crippen molar-refractivity contribution in [2.45, 2.75) is 26.4 Å². The van der Waals surface area contributed by atoms with E-state index in [2.05, 4.69) is 4.99 Å². The number of carbonyl (C=O) groups excluding carboxylic acids is 1. The van der Waals surface area contributed by atoms with Crippen LogP contribution < -0.4 is 0 Å². The first kappa shape index (κ1) is 13.2. The minimum atomic E-state index is -0.540. The standard InChI is InChI=1S/C13H16N2O4/c1-13(2,3)19-12(16)15-5-7-18-11(9-15)10-8-14-4-6-17-10/h4-8H,9H2,1-3H3. The Hall–Kier alpha value is -2.24. The molecule has 2 heterocycles. The van der Waals surface area contributed by atoms with Crippen molar-refractivity contribution in [2.75, 3.05) is 6.54 Å². The van der Waals surface area contributed by atoms with Gasteiger partial charge in [0.15, 0.2) is 11.5 Å². The first-order valence-corrected chi connectivity index (χ1v) is 5.87. The van der Waals surface area contributed by atoms with Crippen LogP contribution in [0.3, 0.4) is 0 Å². The van der Waals surface area contributed by atoms with Gasteiger partial charge in [0.2, 0.25) is 0 Å². The summed E-state index contributed by atoms with van der Waals surface area (Å²) in [7, 11) is 0. The Morgan fingerprint density at radius 3 is 2.79 bits per heavy atom. The van der Waals surface area contributed by atoms with Crippen LogP contribution in [0, 0.1) is 0 Å². The second-order valence-corrected chi connectivity index (χ2v) is 4.98. The molecule has 6 heteroatoms. The number of allylic oxidation sites excluding steroid dienone is 1. The fourth-order valence-electron chi connectivity index (χ4n) is 1.43. The summed E-state index contributed by atoms with van der Waals surface area (Å²) < 4.78 is 15.9. The molecule has 6 nitrogen and oxygen atoms in total. The minimum absolute atomic E-state index is 0.237. The molecular formula is C13H16N2O4. The molecule has 0 spiro atoms. The molecule has 0 saturated carbocycles. The highest BCUT2D eigenvalue weighted by molar-refractivity contribution is 5.78. The van der Waals surface area contributed by atoms with Gasteiger partial charge in [0.05, 0.1) is 19.0 Å². The molecule has 2 aliphatic heterocycles. The lowest BCUT2D eigenvalue weighted by molar-refractivity contribution is 0.0305. The van der Waals surface area contributed by atoms with Crippen molar-refractivity contribution in [3.05, 3.63) is 36.4 Å². The maximum Gasteiger partial charge on any atom is 0.414 e. The van der Waals surface area contributed by atoms with Gasteiger partial charge in [-0.2, -0.15) is 0 Å². The first-order valence-electron chi connectivity index (χ1n) is 5.87. The number of nitrogens with zero attached hydrogens (tertiary/aromatic N) is 2. The summed E-state index contributed by atoms with van der Waals surface area (Å²) >= 11 is 0. The molecule has 2 rings (SSSR count). The van der Waals surface area contributed by atoms with Crippen LogP contribution in [0.2, 0.25) is 0 Å². The fraction of sp³-hybridized carbons (Fsp3) is 0.385. The van der Waals surface area contributed by atoms with E-state index in [0.29, 0.717) is 11.5 Å². The van der Waals surface area contributed by atoms with Crippen molar-refractivity contribution in [2.24, 2.45) is 4.99 Å². The van der Waals surface area contributed by atoms with Crippen molar-refractivity contribution in [3.8, 4) is 0 Å². The van der Waals surface area contributed by atoms with Crippen molar-refractivity contribution >= 4 is 12.3 Å². The van der Waals surface area contributed by atoms with E-state index in [0.717, 1.165) is 0 Å². The third-order valence-corrected chi connectivity index (χ3v) is 2.20. The van der Waals surface area contributed by atoms with Crippen LogP contribution in [0.4, 0.5) is 4.79 Å². The number of hydrogen-bond donors (Lipinski definition) is 0. The summed E-state index contributed by atoms with van der Waals surface area (Å²) in [5.74, 6) is 0.974. The molecule has 0 aromatic rings. The maximum atomic E-state index is 11.9. The summed E-state index contributed by atoms with van der Waals surface area (Å²) in [6.45, 7) is 5.68. The highest BCUT2D eigenvalue weighted by atomic mass is 16.6. The maximum absolute atomic E-state index is 11.9. The summed E-state index contributed by atoms with van der Waals surface area (Å²) in [4.78, 5) is 17.3. The predicted octanol–water partition coefficient (Wildman–Crippen LogP) is 2.51. The highest BCUT2D eigenvalue weighted by Gasteiger charge is 2.25. The molecule has 0 radical (unpaired) electrons. The Morgan fingerprint density at radius 1 is 1.37 bits per heavy atom. The zero-order chi connectivity index (χ0) is 13.9. The van der Waals surface area contributed by atoms with Gasteiger partial charge in [0.25, 0.3) is 0 Å². The number of hydrogen-bond acceptors (Lipinski definition) is 5. The van der Waals surface area contributed by atoms with Gasteiger partial charge in [-0.15, -0.1) is 0 Å². The lowest BCUT2D eigenvalue weighted by atomic mass is 10.2. The molecule has 0 aromatic heterocycles. The number of amides is 1. The van der Waals surface area contributed by atoms with Gasteiger partial charge in [0, 0.05) is 6.20 Å². The molecule has 0 aliphatic carbocycles. The van der Waals surface area contributed by atoms with Gasteiger partial charge in [-0.25, -0.2) is 4.79 Å². The molecule has 102 valence electrons. The quantitative estimate of drug-likeness (QED) is 0.674. The van der Waals surface area contributed by atoms with Crippen LogP contribution in [-0.2, 0) is 14.2 Å². The van der Waals surface area contributed by atoms with Gasteiger partial charge in [0.1, 0.15) is 18.1 Å². The number of aliphatic imine (C=N–C) groups is 1. The van der Waals surface area contributed by atoms with E-state index >= 15 is 0 Å². The molecule has 0 aromatic carbocycles. The van der Waals surface area contributed by atoms with Crippen LogP contribution in [0.1, 0.15) is 20.8 Å². The molecule has 19 heavy (non-hydrogen) atoms. The average Bonchev–Trinajstić information content (AvgIpc) is 2.38. The summed E-state index contributed by atoms with van der Waals surface area (Å²) in [6, 6.07) is 0. The van der Waals surface area contributed by atoms with Crippen molar-refractivity contribution < 1.29 is 19.0 Å². The molecule has 0 bridgehead atoms. The SMILES string of the molecule is CC(C)(C)OC(=O)N1C=COC(=C2C=NC=CO2)C1. The monoisotopic (exact) mass is 264 g/mol. The molecule has 2 aliphatic rings. The average molecular weight is 264 g/mol. The van der Waals surface area contributed by atoms with Crippen molar-refractivity contribution in [1.82, 2.24) is 4.90 Å². The van der Waals surface area contributed by atoms with E-state index in [1.54, 1.807) is 0 Å². The first-order chi connectivity index (χ1) is 8.96. The number of ether oxygens (including phenoxy) is 3. The van der Waals surface area contributed by atoms with Gasteiger partial charge in [-0.05, 0) is 20.8 Å². The zero-order valence-corrected chi connectivity index (χ0v) is 11.1. The number of rotatable bonds is 0. The van der Waals surface area contributed by atoms with E-state index in [1.165, 1.54) is 36.0 Å². The summed E-state index contributed by atoms with van der Waals surface area (Å²) in [5.41, 5.74) is -0.540. The Bertz CT molecular complexity index is 483. The zero-order valence-electron chi connectivity index (χ0n) is 11.1. The molecule has 0 fully saturated rings. The smallest absolute Gasteiger partial charge is 0.414 e. The molecule has 0 atom stereocenters. The second kappa shape index (κ2) is 5.17. The largest absolute Gasteiger partial charge is 0.462 e. The molecule has 1 amide bonds. The van der Waals surface area contributed by atoms with E-state index < -0.39 is 11.7 Å². The van der Waals surface area contributed by atoms with Crippen molar-refractivity contribution in [3.63, 3.8) is 0 Å². The Kier molecular flexibility index (Phi) is 3.59. The fourth-order valence-corrected chi connectivity index (χ4v) is 1.43. The van der Waals surface area contributed by atoms with E-state index in [4.69, 9.17) is 14.2 Å². The number of carbonyl (C=O) groups is 1. The molecule has 0 N–H and O–H groups in total. The van der Waals surface area contributed by atoms with Crippen LogP contribution in [0.5, 0.6) is 0 Å². The van der Waals surface area contributed by atoms with Gasteiger partial charge < -0.3 is 14.2 Å². The molecule has 0 saturated heterocycles. The van der Waals surface area contributed by atoms with E-state index in [9.17, 15) is 4.79 Å². The van der Waals surface area contributed by atoms with Crippen LogP contribution >= 0.6 is 0 Å². The lowest BCUT2D eigenvalue weighted by Gasteiger charge is -2.27. The Balaban J connectivity index is 2.08. The third kappa shape index (κ3) is 3.61. The predicted molar refractivity (Wildman–Crippen MR) is 68.9 cm³/mol. The van der Waals surface area contributed by atoms with Crippen LogP contribution in [0.25, 0.3) is 0 Å². The normalized spacial score (nSPS) is 21.9. The van der Waals surface area contributed by atoms with Gasteiger partial charge >= 0.3 is 6.09 Å². The van der Waals surface area contributed by atoms with E-state index in [1.807, 2.05) is 20.8 Å². The van der Waals surface area contributed by atoms with Crippen LogP contribution in [0.15, 0.2) is 41.4 Å². The Labute approximate surface area is 111 Å². The van der Waals surface area contributed by atoms with E-state index in [-0.39, 0.29) is 6.54 Å². The van der Waals surface area contributed by atoms with Gasteiger partial charge in [-0.3, -0.25) is 9.89 Å². The highest BCUT2D eigenvalue weighted by Crippen LogP contribution is 2.18. The molecular weight excluding hydrogens is 248 g/mol. The molecule has 0 unspecified atom stereocenters. The summed E-state index contributed by atoms with van der Waals surface area (Å²) in [5, 5.41) is 0. The Morgan fingerprint density at radius 2 is 2.16 bits per heavy atom. The van der Waals surface area contributed by atoms with Gasteiger partial charge in [-0.1, -0.05) is 0 Å².